The number of rotatable bonds is 7. The fourth-order valence-electron chi connectivity index (χ4n) is 2.23. The molecule has 0 atom stereocenters. The molecule has 0 spiro atoms. The van der Waals surface area contributed by atoms with Crippen LogP contribution in [0.15, 0.2) is 42.6 Å². The first-order chi connectivity index (χ1) is 11.6. The first-order valence-corrected chi connectivity index (χ1v) is 7.80. The van der Waals surface area contributed by atoms with Gasteiger partial charge < -0.3 is 20.3 Å². The third-order valence-corrected chi connectivity index (χ3v) is 3.44. The summed E-state index contributed by atoms with van der Waals surface area (Å²) >= 11 is 0. The van der Waals surface area contributed by atoms with Gasteiger partial charge in [-0.3, -0.25) is 0 Å². The standard InChI is InChI=1S/C18H24N4O2/c1-22(2)13-15-6-4-14(5-7-15)11-20-18(23)21-12-16-8-9-19-17(10-16)24-3/h4-10H,11-13H2,1-3H3,(H2,20,21,23). The molecule has 2 amide bonds. The van der Waals surface area contributed by atoms with E-state index in [0.29, 0.717) is 19.0 Å². The lowest BCUT2D eigenvalue weighted by molar-refractivity contribution is 0.240. The Hall–Kier alpha value is -2.60. The van der Waals surface area contributed by atoms with Gasteiger partial charge in [0.1, 0.15) is 0 Å². The van der Waals surface area contributed by atoms with Crippen LogP contribution in [0.4, 0.5) is 4.79 Å². The minimum absolute atomic E-state index is 0.205. The van der Waals surface area contributed by atoms with Crippen molar-refractivity contribution in [3.63, 3.8) is 0 Å². The molecule has 1 aromatic heterocycles. The molecular formula is C18H24N4O2. The maximum Gasteiger partial charge on any atom is 0.315 e. The Kier molecular flexibility index (Phi) is 6.57. The predicted octanol–water partition coefficient (Wildman–Crippen LogP) is 2.15. The summed E-state index contributed by atoms with van der Waals surface area (Å²) in [5.41, 5.74) is 3.25. The second-order valence-electron chi connectivity index (χ2n) is 5.80. The highest BCUT2D eigenvalue weighted by Crippen LogP contribution is 2.08. The Morgan fingerprint density at radius 1 is 1.04 bits per heavy atom. The fraction of sp³-hybridized carbons (Fsp3) is 0.333. The van der Waals surface area contributed by atoms with Gasteiger partial charge in [-0.2, -0.15) is 0 Å². The normalized spacial score (nSPS) is 10.5. The van der Waals surface area contributed by atoms with E-state index in [1.165, 1.54) is 5.56 Å². The third-order valence-electron chi connectivity index (χ3n) is 3.44. The zero-order valence-corrected chi connectivity index (χ0v) is 14.4. The van der Waals surface area contributed by atoms with Crippen molar-refractivity contribution >= 4 is 6.03 Å². The van der Waals surface area contributed by atoms with Crippen molar-refractivity contribution < 1.29 is 9.53 Å². The van der Waals surface area contributed by atoms with Crippen LogP contribution in [-0.4, -0.2) is 37.1 Å². The van der Waals surface area contributed by atoms with Gasteiger partial charge in [-0.1, -0.05) is 24.3 Å². The van der Waals surface area contributed by atoms with E-state index in [9.17, 15) is 4.79 Å². The molecule has 0 saturated heterocycles. The molecule has 2 rings (SSSR count). The topological polar surface area (TPSA) is 66.5 Å². The van der Waals surface area contributed by atoms with Gasteiger partial charge in [0.2, 0.25) is 5.88 Å². The average Bonchev–Trinajstić information content (AvgIpc) is 2.59. The Morgan fingerprint density at radius 3 is 2.29 bits per heavy atom. The molecule has 0 aliphatic heterocycles. The van der Waals surface area contributed by atoms with Crippen molar-refractivity contribution in [3.8, 4) is 5.88 Å². The predicted molar refractivity (Wildman–Crippen MR) is 93.7 cm³/mol. The van der Waals surface area contributed by atoms with Crippen LogP contribution in [0.3, 0.4) is 0 Å². The molecule has 2 aromatic rings. The highest BCUT2D eigenvalue weighted by atomic mass is 16.5. The summed E-state index contributed by atoms with van der Waals surface area (Å²) in [5, 5.41) is 5.67. The second kappa shape index (κ2) is 8.88. The monoisotopic (exact) mass is 328 g/mol. The zero-order valence-electron chi connectivity index (χ0n) is 14.4. The minimum Gasteiger partial charge on any atom is -0.481 e. The van der Waals surface area contributed by atoms with Crippen molar-refractivity contribution in [2.75, 3.05) is 21.2 Å². The molecule has 0 aliphatic rings. The molecule has 0 radical (unpaired) electrons. The van der Waals surface area contributed by atoms with E-state index in [4.69, 9.17) is 4.74 Å². The zero-order chi connectivity index (χ0) is 17.4. The highest BCUT2D eigenvalue weighted by Gasteiger charge is 2.03. The lowest BCUT2D eigenvalue weighted by Crippen LogP contribution is -2.34. The quantitative estimate of drug-likeness (QED) is 0.817. The lowest BCUT2D eigenvalue weighted by Gasteiger charge is -2.11. The van der Waals surface area contributed by atoms with Crippen LogP contribution < -0.4 is 15.4 Å². The van der Waals surface area contributed by atoms with Crippen LogP contribution in [0, 0.1) is 0 Å². The van der Waals surface area contributed by atoms with Crippen molar-refractivity contribution in [3.05, 3.63) is 59.3 Å². The Labute approximate surface area is 142 Å². The van der Waals surface area contributed by atoms with Crippen LogP contribution in [0.2, 0.25) is 0 Å². The number of hydrogen-bond acceptors (Lipinski definition) is 4. The van der Waals surface area contributed by atoms with Crippen LogP contribution in [-0.2, 0) is 19.6 Å². The highest BCUT2D eigenvalue weighted by molar-refractivity contribution is 5.73. The first kappa shape index (κ1) is 17.7. The number of nitrogens with one attached hydrogen (secondary N) is 2. The first-order valence-electron chi connectivity index (χ1n) is 7.80. The molecule has 6 heteroatoms. The summed E-state index contributed by atoms with van der Waals surface area (Å²) in [4.78, 5) is 18.0. The number of pyridine rings is 1. The van der Waals surface area contributed by atoms with Gasteiger partial charge in [-0.25, -0.2) is 9.78 Å². The molecule has 128 valence electrons. The number of urea groups is 1. The van der Waals surface area contributed by atoms with Crippen LogP contribution >= 0.6 is 0 Å². The maximum absolute atomic E-state index is 11.9. The summed E-state index contributed by atoms with van der Waals surface area (Å²) in [6, 6.07) is 11.7. The van der Waals surface area contributed by atoms with Crippen molar-refractivity contribution in [1.82, 2.24) is 20.5 Å². The smallest absolute Gasteiger partial charge is 0.315 e. The Bertz CT molecular complexity index is 656. The van der Waals surface area contributed by atoms with Gasteiger partial charge in [0.25, 0.3) is 0 Å². The number of hydrogen-bond donors (Lipinski definition) is 2. The molecule has 6 nitrogen and oxygen atoms in total. The number of ether oxygens (including phenoxy) is 1. The number of carbonyl (C=O) groups excluding carboxylic acids is 1. The minimum atomic E-state index is -0.205. The number of benzene rings is 1. The molecule has 1 aromatic carbocycles. The Balaban J connectivity index is 1.76. The van der Waals surface area contributed by atoms with Crippen LogP contribution in [0.1, 0.15) is 16.7 Å². The average molecular weight is 328 g/mol. The molecule has 2 N–H and O–H groups in total. The molecular weight excluding hydrogens is 304 g/mol. The van der Waals surface area contributed by atoms with E-state index in [0.717, 1.165) is 17.7 Å². The number of aromatic nitrogens is 1. The molecule has 24 heavy (non-hydrogen) atoms. The van der Waals surface area contributed by atoms with Gasteiger partial charge in [0, 0.05) is 31.9 Å². The van der Waals surface area contributed by atoms with Crippen molar-refractivity contribution in [2.24, 2.45) is 0 Å². The van der Waals surface area contributed by atoms with E-state index in [2.05, 4.69) is 32.7 Å². The van der Waals surface area contributed by atoms with Crippen LogP contribution in [0.25, 0.3) is 0 Å². The van der Waals surface area contributed by atoms with Crippen molar-refractivity contribution in [1.29, 1.82) is 0 Å². The summed E-state index contributed by atoms with van der Waals surface area (Å²) in [7, 11) is 5.65. The van der Waals surface area contributed by atoms with Gasteiger partial charge in [0.05, 0.1) is 7.11 Å². The lowest BCUT2D eigenvalue weighted by atomic mass is 10.1. The molecule has 1 heterocycles. The van der Waals surface area contributed by atoms with Crippen LogP contribution in [0.5, 0.6) is 5.88 Å². The number of amides is 2. The fourth-order valence-corrected chi connectivity index (χ4v) is 2.23. The maximum atomic E-state index is 11.9. The summed E-state index contributed by atoms with van der Waals surface area (Å²) in [5.74, 6) is 0.535. The number of nitrogens with zero attached hydrogens (tertiary/aromatic N) is 2. The molecule has 0 unspecified atom stereocenters. The van der Waals surface area contributed by atoms with E-state index >= 15 is 0 Å². The molecule has 0 bridgehead atoms. The van der Waals surface area contributed by atoms with Gasteiger partial charge in [-0.05, 0) is 36.9 Å². The van der Waals surface area contributed by atoms with Crippen molar-refractivity contribution in [2.45, 2.75) is 19.6 Å². The SMILES string of the molecule is COc1cc(CNC(=O)NCc2ccc(CN(C)C)cc2)ccn1. The summed E-state index contributed by atoms with van der Waals surface area (Å²) in [6.45, 7) is 1.82. The summed E-state index contributed by atoms with van der Waals surface area (Å²) in [6.07, 6.45) is 1.66. The molecule has 0 aliphatic carbocycles. The summed E-state index contributed by atoms with van der Waals surface area (Å²) < 4.78 is 5.06. The largest absolute Gasteiger partial charge is 0.481 e. The van der Waals surface area contributed by atoms with Gasteiger partial charge in [-0.15, -0.1) is 0 Å². The third kappa shape index (κ3) is 5.89. The number of methoxy groups -OCH3 is 1. The molecule has 0 saturated carbocycles. The van der Waals surface area contributed by atoms with E-state index in [-0.39, 0.29) is 6.03 Å². The molecule has 0 fully saturated rings. The number of carbonyl (C=O) groups is 1. The van der Waals surface area contributed by atoms with Gasteiger partial charge in [0.15, 0.2) is 0 Å². The van der Waals surface area contributed by atoms with Gasteiger partial charge >= 0.3 is 6.03 Å². The van der Waals surface area contributed by atoms with E-state index < -0.39 is 0 Å². The Morgan fingerprint density at radius 2 is 1.67 bits per heavy atom. The second-order valence-corrected chi connectivity index (χ2v) is 5.80. The van der Waals surface area contributed by atoms with E-state index in [1.807, 2.05) is 32.3 Å². The van der Waals surface area contributed by atoms with E-state index in [1.54, 1.807) is 19.4 Å².